The molecule has 0 bridgehead atoms. The molecule has 1 unspecified atom stereocenters. The number of hydrogen-bond donors (Lipinski definition) is 1. The van der Waals surface area contributed by atoms with Crippen LogP contribution in [0.1, 0.15) is 25.1 Å². The minimum Gasteiger partial charge on any atom is -0.327 e. The molecular formula is C16H23ClN4S. The molecule has 6 heteroatoms. The molecule has 0 aliphatic carbocycles. The van der Waals surface area contributed by atoms with Gasteiger partial charge in [-0.15, -0.1) is 23.7 Å². The fraction of sp³-hybridized carbons (Fsp3) is 0.500. The van der Waals surface area contributed by atoms with Gasteiger partial charge in [-0.3, -0.25) is 9.88 Å². The Kier molecular flexibility index (Phi) is 5.55. The number of piperidine rings is 1. The molecule has 0 aromatic carbocycles. The summed E-state index contributed by atoms with van der Waals surface area (Å²) in [7, 11) is 0. The molecule has 3 rings (SSSR count). The molecule has 1 atom stereocenters. The summed E-state index contributed by atoms with van der Waals surface area (Å²) in [5.74, 6) is 0. The predicted octanol–water partition coefficient (Wildman–Crippen LogP) is 3.19. The maximum atomic E-state index is 6.21. The van der Waals surface area contributed by atoms with Gasteiger partial charge in [-0.1, -0.05) is 13.8 Å². The second-order valence-electron chi connectivity index (χ2n) is 6.46. The van der Waals surface area contributed by atoms with Crippen LogP contribution < -0.4 is 5.73 Å². The predicted molar refractivity (Wildman–Crippen MR) is 94.2 cm³/mol. The van der Waals surface area contributed by atoms with E-state index in [0.29, 0.717) is 6.04 Å². The molecule has 0 amide bonds. The fourth-order valence-corrected chi connectivity index (χ4v) is 3.81. The normalized spacial score (nSPS) is 21.3. The molecule has 2 N–H and O–H groups in total. The lowest BCUT2D eigenvalue weighted by atomic mass is 9.80. The van der Waals surface area contributed by atoms with Crippen LogP contribution in [0, 0.1) is 5.41 Å². The largest absolute Gasteiger partial charge is 0.327 e. The summed E-state index contributed by atoms with van der Waals surface area (Å²) >= 11 is 1.77. The Morgan fingerprint density at radius 1 is 1.36 bits per heavy atom. The van der Waals surface area contributed by atoms with E-state index in [-0.39, 0.29) is 17.8 Å². The molecule has 1 aliphatic rings. The first-order valence-corrected chi connectivity index (χ1v) is 8.19. The number of halogens is 1. The van der Waals surface area contributed by atoms with Crippen molar-refractivity contribution in [2.45, 2.75) is 32.9 Å². The van der Waals surface area contributed by atoms with Crippen molar-refractivity contribution in [3.05, 3.63) is 35.6 Å². The van der Waals surface area contributed by atoms with Gasteiger partial charge in [-0.05, 0) is 24.0 Å². The van der Waals surface area contributed by atoms with Crippen molar-refractivity contribution in [2.75, 3.05) is 13.1 Å². The van der Waals surface area contributed by atoms with Crippen LogP contribution in [0.2, 0.25) is 0 Å². The van der Waals surface area contributed by atoms with Gasteiger partial charge < -0.3 is 5.73 Å². The van der Waals surface area contributed by atoms with E-state index in [9.17, 15) is 0 Å². The maximum Gasteiger partial charge on any atom is 0.123 e. The molecule has 1 fully saturated rings. The van der Waals surface area contributed by atoms with E-state index in [1.165, 1.54) is 4.88 Å². The molecule has 0 saturated carbocycles. The Morgan fingerprint density at radius 3 is 2.77 bits per heavy atom. The Balaban J connectivity index is 0.00000176. The van der Waals surface area contributed by atoms with Crippen LogP contribution in [-0.4, -0.2) is 34.0 Å². The van der Waals surface area contributed by atoms with Gasteiger partial charge in [0, 0.05) is 54.7 Å². The van der Waals surface area contributed by atoms with Crippen LogP contribution in [-0.2, 0) is 6.54 Å². The zero-order valence-corrected chi connectivity index (χ0v) is 14.7. The van der Waals surface area contributed by atoms with Gasteiger partial charge in [0.25, 0.3) is 0 Å². The number of nitrogens with two attached hydrogens (primary N) is 1. The second kappa shape index (κ2) is 7.04. The van der Waals surface area contributed by atoms with E-state index >= 15 is 0 Å². The van der Waals surface area contributed by atoms with Crippen molar-refractivity contribution in [3.8, 4) is 10.6 Å². The average Bonchev–Trinajstić information content (AvgIpc) is 2.92. The summed E-state index contributed by atoms with van der Waals surface area (Å²) in [4.78, 5) is 12.4. The lowest BCUT2D eigenvalue weighted by Gasteiger charge is -2.42. The van der Waals surface area contributed by atoms with Crippen molar-refractivity contribution < 1.29 is 0 Å². The minimum atomic E-state index is 0. The lowest BCUT2D eigenvalue weighted by molar-refractivity contribution is 0.0906. The van der Waals surface area contributed by atoms with Gasteiger partial charge in [0.15, 0.2) is 0 Å². The highest BCUT2D eigenvalue weighted by Gasteiger charge is 2.33. The third-order valence-electron chi connectivity index (χ3n) is 4.25. The van der Waals surface area contributed by atoms with Crippen molar-refractivity contribution in [2.24, 2.45) is 11.1 Å². The number of thiazole rings is 1. The van der Waals surface area contributed by atoms with E-state index in [1.54, 1.807) is 11.3 Å². The summed E-state index contributed by atoms with van der Waals surface area (Å²) in [6, 6.07) is 4.32. The summed E-state index contributed by atoms with van der Waals surface area (Å²) in [6.45, 7) is 7.63. The quantitative estimate of drug-likeness (QED) is 0.933. The SMILES string of the molecule is CC1(C)CN(Cc2cnc(-c3ccncc3)s2)CCC1N.Cl. The average molecular weight is 339 g/mol. The Labute approximate surface area is 142 Å². The van der Waals surface area contributed by atoms with Crippen LogP contribution in [0.5, 0.6) is 0 Å². The van der Waals surface area contributed by atoms with Crippen molar-refractivity contribution in [1.82, 2.24) is 14.9 Å². The van der Waals surface area contributed by atoms with Gasteiger partial charge in [-0.2, -0.15) is 0 Å². The van der Waals surface area contributed by atoms with Gasteiger partial charge in [0.05, 0.1) is 0 Å². The molecule has 2 aromatic heterocycles. The molecule has 3 heterocycles. The first-order chi connectivity index (χ1) is 10.0. The molecular weight excluding hydrogens is 316 g/mol. The molecule has 120 valence electrons. The van der Waals surface area contributed by atoms with Gasteiger partial charge >= 0.3 is 0 Å². The molecule has 0 spiro atoms. The summed E-state index contributed by atoms with van der Waals surface area (Å²) in [5, 5.41) is 1.07. The highest BCUT2D eigenvalue weighted by molar-refractivity contribution is 7.15. The second-order valence-corrected chi connectivity index (χ2v) is 7.58. The topological polar surface area (TPSA) is 55.0 Å². The molecule has 22 heavy (non-hydrogen) atoms. The molecule has 1 aliphatic heterocycles. The van der Waals surface area contributed by atoms with Gasteiger partial charge in [0.2, 0.25) is 0 Å². The smallest absolute Gasteiger partial charge is 0.123 e. The number of pyridine rings is 1. The Morgan fingerprint density at radius 2 is 2.09 bits per heavy atom. The number of likely N-dealkylation sites (tertiary alicyclic amines) is 1. The number of rotatable bonds is 3. The lowest BCUT2D eigenvalue weighted by Crippen LogP contribution is -2.51. The Hall–Kier alpha value is -1.01. The molecule has 2 aromatic rings. The number of hydrogen-bond acceptors (Lipinski definition) is 5. The van der Waals surface area contributed by atoms with E-state index in [4.69, 9.17) is 5.73 Å². The van der Waals surface area contributed by atoms with Crippen LogP contribution in [0.15, 0.2) is 30.7 Å². The van der Waals surface area contributed by atoms with Crippen molar-refractivity contribution in [1.29, 1.82) is 0 Å². The van der Waals surface area contributed by atoms with Gasteiger partial charge in [-0.25, -0.2) is 4.98 Å². The highest BCUT2D eigenvalue weighted by atomic mass is 35.5. The monoisotopic (exact) mass is 338 g/mol. The van der Waals surface area contributed by atoms with E-state index in [2.05, 4.69) is 28.7 Å². The standard InChI is InChI=1S/C16H22N4S.ClH/c1-16(2)11-20(8-5-14(16)17)10-13-9-19-15(21-13)12-3-6-18-7-4-12;/h3-4,6-7,9,14H,5,8,10-11,17H2,1-2H3;1H. The summed E-state index contributed by atoms with van der Waals surface area (Å²) in [6.07, 6.45) is 6.70. The highest BCUT2D eigenvalue weighted by Crippen LogP contribution is 2.30. The number of nitrogens with zero attached hydrogens (tertiary/aromatic N) is 3. The van der Waals surface area contributed by atoms with Crippen molar-refractivity contribution in [3.63, 3.8) is 0 Å². The zero-order chi connectivity index (χ0) is 14.9. The molecule has 1 saturated heterocycles. The van der Waals surface area contributed by atoms with Gasteiger partial charge in [0.1, 0.15) is 5.01 Å². The van der Waals surface area contributed by atoms with Crippen LogP contribution in [0.25, 0.3) is 10.6 Å². The van der Waals surface area contributed by atoms with Crippen LogP contribution in [0.4, 0.5) is 0 Å². The fourth-order valence-electron chi connectivity index (χ4n) is 2.85. The molecule has 4 nitrogen and oxygen atoms in total. The zero-order valence-electron chi connectivity index (χ0n) is 13.0. The number of aromatic nitrogens is 2. The maximum absolute atomic E-state index is 6.21. The van der Waals surface area contributed by atoms with Crippen LogP contribution >= 0.6 is 23.7 Å². The third-order valence-corrected chi connectivity index (χ3v) is 5.28. The van der Waals surface area contributed by atoms with E-state index in [0.717, 1.165) is 36.6 Å². The summed E-state index contributed by atoms with van der Waals surface area (Å²) < 4.78 is 0. The third kappa shape index (κ3) is 3.84. The van der Waals surface area contributed by atoms with E-state index < -0.39 is 0 Å². The summed E-state index contributed by atoms with van der Waals surface area (Å²) in [5.41, 5.74) is 7.54. The van der Waals surface area contributed by atoms with E-state index in [1.807, 2.05) is 30.7 Å². The van der Waals surface area contributed by atoms with Crippen LogP contribution in [0.3, 0.4) is 0 Å². The minimum absolute atomic E-state index is 0. The molecule has 0 radical (unpaired) electrons. The Bertz CT molecular complexity index is 599. The van der Waals surface area contributed by atoms with Crippen molar-refractivity contribution >= 4 is 23.7 Å². The first-order valence-electron chi connectivity index (χ1n) is 7.38. The first kappa shape index (κ1) is 17.3.